The van der Waals surface area contributed by atoms with Crippen LogP contribution in [0.5, 0.6) is 0 Å². The monoisotopic (exact) mass is 448 g/mol. The summed E-state index contributed by atoms with van der Waals surface area (Å²) in [5.74, 6) is 0. The van der Waals surface area contributed by atoms with Crippen LogP contribution in [0.3, 0.4) is 0 Å². The van der Waals surface area contributed by atoms with Crippen molar-refractivity contribution in [2.24, 2.45) is 0 Å². The predicted molar refractivity (Wildman–Crippen MR) is 114 cm³/mol. The average molecular weight is 449 g/mol. The van der Waals surface area contributed by atoms with Crippen molar-refractivity contribution in [2.75, 3.05) is 28.2 Å². The number of hydrogen-bond acceptors (Lipinski definition) is 8. The number of rotatable bonds is 10. The summed E-state index contributed by atoms with van der Waals surface area (Å²) in [7, 11) is 3.20. The Hall–Kier alpha value is -0.370. The van der Waals surface area contributed by atoms with Crippen LogP contribution in [-0.2, 0) is 10.4 Å². The molecule has 0 fully saturated rings. The van der Waals surface area contributed by atoms with Crippen LogP contribution in [0, 0.1) is 0 Å². The standard InChI is InChI=1S/2C9H21NO2.H2O4S/c2*1-7(11)5-9(10(3)4)6-8(2)12;1-5(2,3)4/h2*7-9,11-12H,5-6H2,1-4H3;(H2,1,2,3,4). The van der Waals surface area contributed by atoms with Gasteiger partial charge in [0.15, 0.2) is 0 Å². The van der Waals surface area contributed by atoms with Crippen molar-refractivity contribution in [1.29, 1.82) is 0 Å². The van der Waals surface area contributed by atoms with E-state index >= 15 is 0 Å². The Labute approximate surface area is 176 Å². The van der Waals surface area contributed by atoms with E-state index in [1.54, 1.807) is 27.7 Å². The lowest BCUT2D eigenvalue weighted by Crippen LogP contribution is -2.33. The molecule has 0 aromatic rings. The lowest BCUT2D eigenvalue weighted by molar-refractivity contribution is 0.0959. The second kappa shape index (κ2) is 17.3. The zero-order valence-electron chi connectivity index (χ0n) is 19.1. The molecule has 6 N–H and O–H groups in total. The number of nitrogens with zero attached hydrogens (tertiary/aromatic N) is 2. The van der Waals surface area contributed by atoms with Gasteiger partial charge in [-0.3, -0.25) is 9.11 Å². The molecule has 0 aliphatic carbocycles. The van der Waals surface area contributed by atoms with E-state index in [1.165, 1.54) is 0 Å². The molecule has 180 valence electrons. The van der Waals surface area contributed by atoms with Gasteiger partial charge in [0.2, 0.25) is 0 Å². The summed E-state index contributed by atoms with van der Waals surface area (Å²) in [5, 5.41) is 36.7. The molecule has 0 aliphatic rings. The quantitative estimate of drug-likeness (QED) is 0.256. The highest BCUT2D eigenvalue weighted by atomic mass is 32.3. The molecule has 0 saturated heterocycles. The van der Waals surface area contributed by atoms with E-state index < -0.39 is 10.4 Å². The maximum atomic E-state index is 9.18. The average Bonchev–Trinajstić information content (AvgIpc) is 2.42. The van der Waals surface area contributed by atoms with Gasteiger partial charge in [-0.2, -0.15) is 8.42 Å². The molecule has 0 spiro atoms. The Morgan fingerprint density at radius 3 is 0.793 bits per heavy atom. The largest absolute Gasteiger partial charge is 0.394 e. The molecular formula is C18H44N2O8S. The molecule has 0 saturated carbocycles. The molecule has 0 amide bonds. The zero-order valence-corrected chi connectivity index (χ0v) is 19.9. The first-order valence-electron chi connectivity index (χ1n) is 9.61. The second-order valence-corrected chi connectivity index (χ2v) is 8.92. The van der Waals surface area contributed by atoms with Crippen LogP contribution in [0.2, 0.25) is 0 Å². The maximum Gasteiger partial charge on any atom is 0.394 e. The van der Waals surface area contributed by atoms with Crippen LogP contribution in [0.1, 0.15) is 53.4 Å². The van der Waals surface area contributed by atoms with Crippen LogP contribution in [0.4, 0.5) is 0 Å². The lowest BCUT2D eigenvalue weighted by Gasteiger charge is -2.26. The number of aliphatic hydroxyl groups excluding tert-OH is 4. The van der Waals surface area contributed by atoms with E-state index in [0.717, 1.165) is 25.7 Å². The molecule has 0 rings (SSSR count). The Kier molecular flexibility index (Phi) is 19.9. The topological polar surface area (TPSA) is 162 Å². The molecule has 11 heteroatoms. The third kappa shape index (κ3) is 32.5. The van der Waals surface area contributed by atoms with Crippen LogP contribution in [0.25, 0.3) is 0 Å². The molecule has 0 aromatic carbocycles. The summed E-state index contributed by atoms with van der Waals surface area (Å²) in [5.41, 5.74) is 0. The summed E-state index contributed by atoms with van der Waals surface area (Å²) < 4.78 is 31.6. The van der Waals surface area contributed by atoms with Gasteiger partial charge >= 0.3 is 10.4 Å². The van der Waals surface area contributed by atoms with Crippen LogP contribution in [0.15, 0.2) is 0 Å². The summed E-state index contributed by atoms with van der Waals surface area (Å²) >= 11 is 0. The first-order chi connectivity index (χ1) is 12.9. The van der Waals surface area contributed by atoms with Gasteiger partial charge in [0.05, 0.1) is 24.4 Å². The van der Waals surface area contributed by atoms with Crippen molar-refractivity contribution in [3.05, 3.63) is 0 Å². The molecule has 0 radical (unpaired) electrons. The smallest absolute Gasteiger partial charge is 0.393 e. The van der Waals surface area contributed by atoms with Crippen molar-refractivity contribution in [2.45, 2.75) is 89.9 Å². The highest BCUT2D eigenvalue weighted by Crippen LogP contribution is 2.11. The molecule has 4 unspecified atom stereocenters. The number of hydrogen-bond donors (Lipinski definition) is 6. The summed E-state index contributed by atoms with van der Waals surface area (Å²) in [6, 6.07) is 0.537. The molecular weight excluding hydrogens is 404 g/mol. The van der Waals surface area contributed by atoms with Crippen molar-refractivity contribution < 1.29 is 37.9 Å². The van der Waals surface area contributed by atoms with E-state index in [0.29, 0.717) is 0 Å². The third-order valence-corrected chi connectivity index (χ3v) is 3.91. The lowest BCUT2D eigenvalue weighted by atomic mass is 10.0. The molecule has 0 bridgehead atoms. The van der Waals surface area contributed by atoms with Crippen molar-refractivity contribution in [3.8, 4) is 0 Å². The zero-order chi connectivity index (χ0) is 23.9. The maximum absolute atomic E-state index is 9.18. The summed E-state index contributed by atoms with van der Waals surface area (Å²) in [4.78, 5) is 4.08. The Bertz CT molecular complexity index is 412. The van der Waals surface area contributed by atoms with Gasteiger partial charge in [-0.15, -0.1) is 0 Å². The fourth-order valence-electron chi connectivity index (χ4n) is 2.61. The minimum atomic E-state index is -4.67. The molecule has 0 aromatic heterocycles. The van der Waals surface area contributed by atoms with E-state index in [1.807, 2.05) is 38.0 Å². The first-order valence-corrected chi connectivity index (χ1v) is 11.0. The van der Waals surface area contributed by atoms with E-state index in [2.05, 4.69) is 0 Å². The van der Waals surface area contributed by atoms with Crippen LogP contribution >= 0.6 is 0 Å². The van der Waals surface area contributed by atoms with Gasteiger partial charge in [0, 0.05) is 12.1 Å². The molecule has 29 heavy (non-hydrogen) atoms. The normalized spacial score (nSPS) is 17.9. The van der Waals surface area contributed by atoms with Crippen LogP contribution < -0.4 is 0 Å². The minimum absolute atomic E-state index is 0.269. The fraction of sp³-hybridized carbons (Fsp3) is 1.00. The van der Waals surface area contributed by atoms with Crippen molar-refractivity contribution in [3.63, 3.8) is 0 Å². The van der Waals surface area contributed by atoms with Gasteiger partial charge in [-0.1, -0.05) is 0 Å². The Morgan fingerprint density at radius 1 is 0.586 bits per heavy atom. The van der Waals surface area contributed by atoms with Gasteiger partial charge in [0.1, 0.15) is 0 Å². The Morgan fingerprint density at radius 2 is 0.724 bits per heavy atom. The highest BCUT2D eigenvalue weighted by Gasteiger charge is 2.16. The van der Waals surface area contributed by atoms with E-state index in [4.69, 9.17) is 17.5 Å². The first kappa shape index (κ1) is 33.3. The molecule has 0 aliphatic heterocycles. The Balaban J connectivity index is -0.000000380. The van der Waals surface area contributed by atoms with E-state index in [-0.39, 0.29) is 36.5 Å². The van der Waals surface area contributed by atoms with Gasteiger partial charge in [0.25, 0.3) is 0 Å². The van der Waals surface area contributed by atoms with Crippen LogP contribution in [-0.4, -0.2) is 112 Å². The summed E-state index contributed by atoms with van der Waals surface area (Å²) in [6.45, 7) is 7.11. The highest BCUT2D eigenvalue weighted by molar-refractivity contribution is 7.79. The minimum Gasteiger partial charge on any atom is -0.393 e. The van der Waals surface area contributed by atoms with Crippen molar-refractivity contribution >= 4 is 10.4 Å². The van der Waals surface area contributed by atoms with Gasteiger partial charge in [-0.05, 0) is 81.6 Å². The molecule has 4 atom stereocenters. The molecule has 10 nitrogen and oxygen atoms in total. The summed E-state index contributed by atoms with van der Waals surface area (Å²) in [6.07, 6.45) is 1.70. The number of aliphatic hydroxyl groups is 4. The molecule has 0 heterocycles. The van der Waals surface area contributed by atoms with Gasteiger partial charge < -0.3 is 30.2 Å². The van der Waals surface area contributed by atoms with Gasteiger partial charge in [-0.25, -0.2) is 0 Å². The second-order valence-electron chi connectivity index (χ2n) is 8.02. The fourth-order valence-corrected chi connectivity index (χ4v) is 2.61. The van der Waals surface area contributed by atoms with E-state index in [9.17, 15) is 20.4 Å². The third-order valence-electron chi connectivity index (χ3n) is 3.91. The SMILES string of the molecule is CC(O)CC(CC(C)O)N(C)C.CC(O)CC(CC(C)O)N(C)C.O=S(=O)(O)O. The predicted octanol–water partition coefficient (Wildman–Crippen LogP) is 0.264. The van der Waals surface area contributed by atoms with Crippen molar-refractivity contribution in [1.82, 2.24) is 9.80 Å².